The fourth-order valence-corrected chi connectivity index (χ4v) is 7.42. The molecule has 1 aliphatic rings. The zero-order valence-corrected chi connectivity index (χ0v) is 28.6. The Kier molecular flexibility index (Phi) is 15.0. The highest BCUT2D eigenvalue weighted by Gasteiger charge is 2.32. The van der Waals surface area contributed by atoms with Crippen LogP contribution in [0.3, 0.4) is 0 Å². The Hall–Kier alpha value is -1.56. The highest BCUT2D eigenvalue weighted by Crippen LogP contribution is 2.49. The standard InChI is InChI=1S/C41H65/c1-8-15-22-31-29-32-30-39-36(26-19-12-5)34(24-17-10-3)35(25-18-11-4)38(28-21-14-7)41(39)40(32)37(27-20-13-6)33(31)23-16-9-2/h8-28,30H2,1-7H3. The summed E-state index contributed by atoms with van der Waals surface area (Å²) in [7, 11) is 0. The summed E-state index contributed by atoms with van der Waals surface area (Å²) in [5.41, 5.74) is 18.9. The van der Waals surface area contributed by atoms with Crippen LogP contribution in [0.15, 0.2) is 0 Å². The van der Waals surface area contributed by atoms with Crippen molar-refractivity contribution in [1.29, 1.82) is 0 Å². The van der Waals surface area contributed by atoms with E-state index in [-0.39, 0.29) is 0 Å². The summed E-state index contributed by atoms with van der Waals surface area (Å²) in [6.45, 7) is 16.6. The van der Waals surface area contributed by atoms with E-state index in [1.54, 1.807) is 61.2 Å². The highest BCUT2D eigenvalue weighted by atomic mass is 14.4. The molecule has 0 bridgehead atoms. The van der Waals surface area contributed by atoms with Crippen molar-refractivity contribution in [2.24, 2.45) is 0 Å². The summed E-state index contributed by atoms with van der Waals surface area (Å²) < 4.78 is 0. The van der Waals surface area contributed by atoms with Crippen LogP contribution in [0.2, 0.25) is 0 Å². The SMILES string of the molecule is CCCCc1[c]c2c(c(CCCC)c1CCCC)-c1c(CCCC)c(CCCC)c(CCCC)c(CCCC)c1C2. The Morgan fingerprint density at radius 3 is 1.24 bits per heavy atom. The molecule has 0 amide bonds. The molecular weight excluding hydrogens is 492 g/mol. The van der Waals surface area contributed by atoms with Crippen LogP contribution in [0.5, 0.6) is 0 Å². The van der Waals surface area contributed by atoms with Gasteiger partial charge in [-0.3, -0.25) is 0 Å². The molecule has 2 aromatic carbocycles. The monoisotopic (exact) mass is 558 g/mol. The number of rotatable bonds is 21. The number of benzene rings is 2. The fraction of sp³-hybridized carbons (Fsp3) is 0.707. The molecule has 1 radical (unpaired) electrons. The van der Waals surface area contributed by atoms with Gasteiger partial charge < -0.3 is 0 Å². The smallest absolute Gasteiger partial charge is 0.000413 e. The summed E-state index contributed by atoms with van der Waals surface area (Å²) in [6, 6.07) is 4.19. The zero-order valence-electron chi connectivity index (χ0n) is 28.6. The number of hydrogen-bond acceptors (Lipinski definition) is 0. The lowest BCUT2D eigenvalue weighted by atomic mass is 9.78. The molecule has 0 fully saturated rings. The maximum atomic E-state index is 4.19. The van der Waals surface area contributed by atoms with Crippen molar-refractivity contribution in [2.45, 2.75) is 190 Å². The summed E-state index contributed by atoms with van der Waals surface area (Å²) in [6.07, 6.45) is 28.1. The van der Waals surface area contributed by atoms with Crippen LogP contribution in [0.1, 0.15) is 188 Å². The molecule has 0 N–H and O–H groups in total. The number of fused-ring (bicyclic) bond motifs is 3. The second kappa shape index (κ2) is 18.2. The molecule has 0 aromatic heterocycles. The summed E-state index contributed by atoms with van der Waals surface area (Å²) in [5, 5.41) is 0. The first-order chi connectivity index (χ1) is 20.1. The van der Waals surface area contributed by atoms with Crippen LogP contribution in [-0.4, -0.2) is 0 Å². The van der Waals surface area contributed by atoms with Crippen LogP contribution in [0.25, 0.3) is 11.1 Å². The maximum absolute atomic E-state index is 4.19. The molecule has 0 atom stereocenters. The Bertz CT molecular complexity index is 1070. The molecule has 0 heteroatoms. The average Bonchev–Trinajstić information content (AvgIpc) is 3.36. The van der Waals surface area contributed by atoms with E-state index < -0.39 is 0 Å². The van der Waals surface area contributed by atoms with E-state index in [0.29, 0.717) is 0 Å². The summed E-state index contributed by atoms with van der Waals surface area (Å²) >= 11 is 0. The number of aryl methyl sites for hydroxylation is 1. The first-order valence-electron chi connectivity index (χ1n) is 18.4. The minimum atomic E-state index is 1.14. The van der Waals surface area contributed by atoms with E-state index in [0.717, 1.165) is 6.42 Å². The third-order valence-corrected chi connectivity index (χ3v) is 9.76. The molecule has 0 aliphatic heterocycles. The predicted octanol–water partition coefficient (Wildman–Crippen LogP) is 12.5. The van der Waals surface area contributed by atoms with Gasteiger partial charge in [0.1, 0.15) is 0 Å². The van der Waals surface area contributed by atoms with Crippen LogP contribution in [-0.2, 0) is 51.4 Å². The van der Waals surface area contributed by atoms with Gasteiger partial charge in [-0.15, -0.1) is 0 Å². The third-order valence-electron chi connectivity index (χ3n) is 9.76. The van der Waals surface area contributed by atoms with Gasteiger partial charge in [-0.25, -0.2) is 0 Å². The van der Waals surface area contributed by atoms with E-state index in [1.807, 2.05) is 0 Å². The maximum Gasteiger partial charge on any atom is -0.000413 e. The molecule has 3 rings (SSSR count). The highest BCUT2D eigenvalue weighted by molar-refractivity contribution is 5.86. The first-order valence-corrected chi connectivity index (χ1v) is 18.4. The molecule has 1 aliphatic carbocycles. The molecule has 0 saturated carbocycles. The van der Waals surface area contributed by atoms with Gasteiger partial charge in [-0.1, -0.05) is 93.4 Å². The Balaban J connectivity index is 2.42. The molecule has 229 valence electrons. The lowest BCUT2D eigenvalue weighted by molar-refractivity contribution is 0.716. The average molecular weight is 558 g/mol. The molecule has 0 saturated heterocycles. The minimum absolute atomic E-state index is 1.14. The molecule has 0 spiro atoms. The van der Waals surface area contributed by atoms with Gasteiger partial charge in [-0.2, -0.15) is 0 Å². The van der Waals surface area contributed by atoms with Gasteiger partial charge in [0.25, 0.3) is 0 Å². The van der Waals surface area contributed by atoms with Crippen LogP contribution >= 0.6 is 0 Å². The van der Waals surface area contributed by atoms with Crippen LogP contribution in [0.4, 0.5) is 0 Å². The van der Waals surface area contributed by atoms with E-state index in [9.17, 15) is 0 Å². The van der Waals surface area contributed by atoms with E-state index in [4.69, 9.17) is 0 Å². The van der Waals surface area contributed by atoms with Crippen molar-refractivity contribution in [2.75, 3.05) is 0 Å². The lowest BCUT2D eigenvalue weighted by Gasteiger charge is -2.26. The number of hydrogen-bond donors (Lipinski definition) is 0. The second-order valence-electron chi connectivity index (χ2n) is 13.1. The third kappa shape index (κ3) is 8.30. The normalized spacial score (nSPS) is 12.3. The van der Waals surface area contributed by atoms with E-state index in [2.05, 4.69) is 54.5 Å². The first kappa shape index (κ1) is 33.9. The molecular formula is C41H65. The van der Waals surface area contributed by atoms with Crippen molar-refractivity contribution in [3.05, 3.63) is 56.1 Å². The van der Waals surface area contributed by atoms with Gasteiger partial charge in [0.2, 0.25) is 0 Å². The van der Waals surface area contributed by atoms with Gasteiger partial charge in [0.15, 0.2) is 0 Å². The van der Waals surface area contributed by atoms with Crippen molar-refractivity contribution in [1.82, 2.24) is 0 Å². The second-order valence-corrected chi connectivity index (χ2v) is 13.1. The van der Waals surface area contributed by atoms with E-state index in [1.165, 1.54) is 135 Å². The summed E-state index contributed by atoms with van der Waals surface area (Å²) in [4.78, 5) is 0. The van der Waals surface area contributed by atoms with Gasteiger partial charge in [-0.05, 0) is 164 Å². The number of unbranched alkanes of at least 4 members (excludes halogenated alkanes) is 7. The van der Waals surface area contributed by atoms with Crippen molar-refractivity contribution in [3.8, 4) is 11.1 Å². The molecule has 0 nitrogen and oxygen atoms in total. The minimum Gasteiger partial charge on any atom is -0.0654 e. The zero-order chi connectivity index (χ0) is 29.6. The van der Waals surface area contributed by atoms with Crippen LogP contribution in [0, 0.1) is 6.07 Å². The molecule has 0 heterocycles. The van der Waals surface area contributed by atoms with Crippen LogP contribution < -0.4 is 0 Å². The van der Waals surface area contributed by atoms with E-state index >= 15 is 0 Å². The Morgan fingerprint density at radius 1 is 0.390 bits per heavy atom. The Labute approximate surface area is 256 Å². The van der Waals surface area contributed by atoms with Gasteiger partial charge in [0.05, 0.1) is 0 Å². The van der Waals surface area contributed by atoms with Gasteiger partial charge >= 0.3 is 0 Å². The molecule has 41 heavy (non-hydrogen) atoms. The summed E-state index contributed by atoms with van der Waals surface area (Å²) in [5.74, 6) is 0. The topological polar surface area (TPSA) is 0 Å². The fourth-order valence-electron chi connectivity index (χ4n) is 7.42. The van der Waals surface area contributed by atoms with Gasteiger partial charge in [0, 0.05) is 0 Å². The molecule has 0 unspecified atom stereocenters. The quantitative estimate of drug-likeness (QED) is 0.122. The van der Waals surface area contributed by atoms with Crippen molar-refractivity contribution < 1.29 is 0 Å². The van der Waals surface area contributed by atoms with Crippen molar-refractivity contribution in [3.63, 3.8) is 0 Å². The molecule has 2 aromatic rings. The predicted molar refractivity (Wildman–Crippen MR) is 184 cm³/mol. The van der Waals surface area contributed by atoms with Crippen molar-refractivity contribution >= 4 is 0 Å². The Morgan fingerprint density at radius 2 is 0.756 bits per heavy atom. The lowest BCUT2D eigenvalue weighted by Crippen LogP contribution is -2.11. The largest absolute Gasteiger partial charge is 0.0654 e.